The van der Waals surface area contributed by atoms with Gasteiger partial charge in [0.25, 0.3) is 0 Å². The van der Waals surface area contributed by atoms with Gasteiger partial charge in [0, 0.05) is 13.0 Å². The Kier molecular flexibility index (Phi) is 4.97. The lowest BCUT2D eigenvalue weighted by Gasteiger charge is -2.20. The van der Waals surface area contributed by atoms with Gasteiger partial charge in [-0.1, -0.05) is 0 Å². The van der Waals surface area contributed by atoms with Crippen molar-refractivity contribution in [3.05, 3.63) is 24.2 Å². The lowest BCUT2D eigenvalue weighted by Crippen LogP contribution is -2.37. The molecule has 1 atom stereocenters. The maximum Gasteiger partial charge on any atom is 0.407 e. The third-order valence-corrected chi connectivity index (χ3v) is 2.27. The lowest BCUT2D eigenvalue weighted by molar-refractivity contribution is -0.141. The standard InChI is InChI=1S/C13H19NO5/c1-13(2,3)19-12(17)14-8-9(11(15)16)7-10-5-4-6-18-10/h4-6,9H,7-8H2,1-3H3,(H,14,17)(H,15,16)/t9-/m1/s1. The third kappa shape index (κ3) is 5.94. The van der Waals surface area contributed by atoms with E-state index in [1.54, 1.807) is 32.9 Å². The van der Waals surface area contributed by atoms with Gasteiger partial charge in [-0.3, -0.25) is 4.79 Å². The van der Waals surface area contributed by atoms with Crippen molar-refractivity contribution >= 4 is 12.1 Å². The van der Waals surface area contributed by atoms with Crippen molar-refractivity contribution in [2.75, 3.05) is 6.54 Å². The number of hydrogen-bond donors (Lipinski definition) is 2. The number of furan rings is 1. The van der Waals surface area contributed by atoms with Crippen molar-refractivity contribution in [1.82, 2.24) is 5.32 Å². The Morgan fingerprint density at radius 3 is 2.63 bits per heavy atom. The molecule has 2 N–H and O–H groups in total. The molecular formula is C13H19NO5. The van der Waals surface area contributed by atoms with Crippen LogP contribution in [0.4, 0.5) is 4.79 Å². The second-order valence-corrected chi connectivity index (χ2v) is 5.20. The summed E-state index contributed by atoms with van der Waals surface area (Å²) in [4.78, 5) is 22.5. The normalized spacial score (nSPS) is 12.8. The minimum atomic E-state index is -0.993. The summed E-state index contributed by atoms with van der Waals surface area (Å²) in [6.07, 6.45) is 1.08. The minimum Gasteiger partial charge on any atom is -0.481 e. The van der Waals surface area contributed by atoms with Crippen molar-refractivity contribution in [1.29, 1.82) is 0 Å². The summed E-state index contributed by atoms with van der Waals surface area (Å²) in [6.45, 7) is 5.21. The average molecular weight is 269 g/mol. The molecule has 106 valence electrons. The topological polar surface area (TPSA) is 88.8 Å². The highest BCUT2D eigenvalue weighted by Crippen LogP contribution is 2.10. The summed E-state index contributed by atoms with van der Waals surface area (Å²) in [7, 11) is 0. The van der Waals surface area contributed by atoms with Crippen LogP contribution in [0, 0.1) is 5.92 Å². The number of rotatable bonds is 5. The highest BCUT2D eigenvalue weighted by molar-refractivity contribution is 5.72. The van der Waals surface area contributed by atoms with E-state index in [1.807, 2.05) is 0 Å². The van der Waals surface area contributed by atoms with Gasteiger partial charge in [-0.2, -0.15) is 0 Å². The van der Waals surface area contributed by atoms with E-state index in [0.717, 1.165) is 0 Å². The van der Waals surface area contributed by atoms with E-state index < -0.39 is 23.6 Å². The quantitative estimate of drug-likeness (QED) is 0.854. The van der Waals surface area contributed by atoms with Crippen LogP contribution in [-0.2, 0) is 16.0 Å². The van der Waals surface area contributed by atoms with E-state index >= 15 is 0 Å². The zero-order valence-electron chi connectivity index (χ0n) is 11.3. The molecular weight excluding hydrogens is 250 g/mol. The van der Waals surface area contributed by atoms with Crippen molar-refractivity contribution in [2.24, 2.45) is 5.92 Å². The van der Waals surface area contributed by atoms with E-state index in [1.165, 1.54) is 6.26 Å². The van der Waals surface area contributed by atoms with Gasteiger partial charge in [0.15, 0.2) is 0 Å². The van der Waals surface area contributed by atoms with Crippen molar-refractivity contribution in [2.45, 2.75) is 32.8 Å². The van der Waals surface area contributed by atoms with Gasteiger partial charge in [0.05, 0.1) is 12.2 Å². The van der Waals surface area contributed by atoms with E-state index in [9.17, 15) is 9.59 Å². The van der Waals surface area contributed by atoms with Gasteiger partial charge < -0.3 is 19.6 Å². The predicted octanol–water partition coefficient (Wildman–Crippen LogP) is 2.05. The SMILES string of the molecule is CC(C)(C)OC(=O)NC[C@@H](Cc1ccco1)C(=O)O. The summed E-state index contributed by atoms with van der Waals surface area (Å²) in [5.74, 6) is -1.18. The molecule has 0 aliphatic heterocycles. The molecule has 0 aliphatic carbocycles. The fourth-order valence-corrected chi connectivity index (χ4v) is 1.44. The zero-order valence-corrected chi connectivity index (χ0v) is 11.3. The Hall–Kier alpha value is -1.98. The van der Waals surface area contributed by atoms with Crippen LogP contribution in [0.5, 0.6) is 0 Å². The lowest BCUT2D eigenvalue weighted by atomic mass is 10.0. The average Bonchev–Trinajstić information content (AvgIpc) is 2.73. The molecule has 0 saturated carbocycles. The van der Waals surface area contributed by atoms with Crippen molar-refractivity contribution < 1.29 is 23.8 Å². The molecule has 1 heterocycles. The number of hydrogen-bond acceptors (Lipinski definition) is 4. The van der Waals surface area contributed by atoms with Gasteiger partial charge in [-0.25, -0.2) is 4.79 Å². The van der Waals surface area contributed by atoms with E-state index in [-0.39, 0.29) is 13.0 Å². The van der Waals surface area contributed by atoms with E-state index in [0.29, 0.717) is 5.76 Å². The number of carboxylic acids is 1. The molecule has 19 heavy (non-hydrogen) atoms. The molecule has 0 aliphatic rings. The first-order chi connectivity index (χ1) is 8.78. The number of carboxylic acid groups (broad SMARTS) is 1. The molecule has 0 radical (unpaired) electrons. The molecule has 1 aromatic heterocycles. The third-order valence-electron chi connectivity index (χ3n) is 2.27. The van der Waals surface area contributed by atoms with Crippen LogP contribution < -0.4 is 5.32 Å². The van der Waals surface area contributed by atoms with Crippen molar-refractivity contribution in [3.8, 4) is 0 Å². The zero-order chi connectivity index (χ0) is 14.5. The van der Waals surface area contributed by atoms with Crippen LogP contribution in [0.1, 0.15) is 26.5 Å². The summed E-state index contributed by atoms with van der Waals surface area (Å²) in [5.41, 5.74) is -0.607. The van der Waals surface area contributed by atoms with Gasteiger partial charge in [-0.05, 0) is 32.9 Å². The fraction of sp³-hybridized carbons (Fsp3) is 0.538. The van der Waals surface area contributed by atoms with Crippen LogP contribution in [0.25, 0.3) is 0 Å². The van der Waals surface area contributed by atoms with Gasteiger partial charge in [-0.15, -0.1) is 0 Å². The number of nitrogens with one attached hydrogen (secondary N) is 1. The Morgan fingerprint density at radius 1 is 1.47 bits per heavy atom. The molecule has 6 nitrogen and oxygen atoms in total. The highest BCUT2D eigenvalue weighted by atomic mass is 16.6. The van der Waals surface area contributed by atoms with Gasteiger partial charge >= 0.3 is 12.1 Å². The van der Waals surface area contributed by atoms with Crippen molar-refractivity contribution in [3.63, 3.8) is 0 Å². The first-order valence-corrected chi connectivity index (χ1v) is 6.00. The Labute approximate surface area is 111 Å². The summed E-state index contributed by atoms with van der Waals surface area (Å²) in [5, 5.41) is 11.5. The summed E-state index contributed by atoms with van der Waals surface area (Å²) >= 11 is 0. The first kappa shape index (κ1) is 15.1. The van der Waals surface area contributed by atoms with Gasteiger partial charge in [0.2, 0.25) is 0 Å². The molecule has 0 bridgehead atoms. The number of carbonyl (C=O) groups is 2. The maximum absolute atomic E-state index is 11.4. The molecule has 1 amide bonds. The van der Waals surface area contributed by atoms with E-state index in [4.69, 9.17) is 14.3 Å². The molecule has 1 aromatic rings. The monoisotopic (exact) mass is 269 g/mol. The summed E-state index contributed by atoms with van der Waals surface area (Å²) in [6, 6.07) is 3.39. The molecule has 1 rings (SSSR count). The number of amides is 1. The second-order valence-electron chi connectivity index (χ2n) is 5.20. The number of carbonyl (C=O) groups excluding carboxylic acids is 1. The summed E-state index contributed by atoms with van der Waals surface area (Å²) < 4.78 is 10.1. The Balaban J connectivity index is 2.46. The molecule has 0 fully saturated rings. The number of aliphatic carboxylic acids is 1. The number of ether oxygens (including phenoxy) is 1. The smallest absolute Gasteiger partial charge is 0.407 e. The van der Waals surface area contributed by atoms with Gasteiger partial charge in [0.1, 0.15) is 11.4 Å². The number of alkyl carbamates (subject to hydrolysis) is 1. The molecule has 0 spiro atoms. The van der Waals surface area contributed by atoms with Crippen LogP contribution in [0.2, 0.25) is 0 Å². The second kappa shape index (κ2) is 6.26. The van der Waals surface area contributed by atoms with Crippen LogP contribution in [0.15, 0.2) is 22.8 Å². The Bertz CT molecular complexity index is 419. The predicted molar refractivity (Wildman–Crippen MR) is 67.8 cm³/mol. The maximum atomic E-state index is 11.4. The van der Waals surface area contributed by atoms with Crippen LogP contribution >= 0.6 is 0 Å². The van der Waals surface area contributed by atoms with E-state index in [2.05, 4.69) is 5.32 Å². The molecule has 6 heteroatoms. The van der Waals surface area contributed by atoms with Crippen LogP contribution in [-0.4, -0.2) is 29.3 Å². The largest absolute Gasteiger partial charge is 0.481 e. The highest BCUT2D eigenvalue weighted by Gasteiger charge is 2.22. The van der Waals surface area contributed by atoms with Crippen LogP contribution in [0.3, 0.4) is 0 Å². The fourth-order valence-electron chi connectivity index (χ4n) is 1.44. The Morgan fingerprint density at radius 2 is 2.16 bits per heavy atom. The molecule has 0 unspecified atom stereocenters. The molecule has 0 saturated heterocycles. The first-order valence-electron chi connectivity index (χ1n) is 6.00. The minimum absolute atomic E-state index is 0.00898. The molecule has 0 aromatic carbocycles.